The molecule has 0 radical (unpaired) electrons. The van der Waals surface area contributed by atoms with Crippen LogP contribution in [0.25, 0.3) is 11.1 Å². The zero-order chi connectivity index (χ0) is 26.9. The van der Waals surface area contributed by atoms with Crippen LogP contribution in [-0.2, 0) is 20.0 Å². The third-order valence-corrected chi connectivity index (χ3v) is 8.58. The molecule has 38 heavy (non-hydrogen) atoms. The van der Waals surface area contributed by atoms with Crippen LogP contribution < -0.4 is 20.6 Å². The van der Waals surface area contributed by atoms with Gasteiger partial charge in [0.05, 0.1) is 15.5 Å². The SMILES string of the molecule is NC(=S)NN=C1c2cc(S(=O)(=O)Nc3ccccc3)ccc2-c2ccc(S(=O)(=O)Nc3ccccc3)cc21. The van der Waals surface area contributed by atoms with Crippen LogP contribution >= 0.6 is 12.2 Å². The Morgan fingerprint density at radius 2 is 1.05 bits per heavy atom. The summed E-state index contributed by atoms with van der Waals surface area (Å²) in [4.78, 5) is 0.0176. The number of hydrazone groups is 1. The Morgan fingerprint density at radius 1 is 0.632 bits per heavy atom. The van der Waals surface area contributed by atoms with E-state index in [-0.39, 0.29) is 14.9 Å². The van der Waals surface area contributed by atoms with Gasteiger partial charge in [0.25, 0.3) is 20.0 Å². The van der Waals surface area contributed by atoms with Crippen LogP contribution in [0.2, 0.25) is 0 Å². The van der Waals surface area contributed by atoms with Crippen molar-refractivity contribution in [2.24, 2.45) is 10.8 Å². The number of hydrogen-bond donors (Lipinski definition) is 4. The monoisotopic (exact) mass is 563 g/mol. The van der Waals surface area contributed by atoms with E-state index in [2.05, 4.69) is 20.0 Å². The standard InChI is InChI=1S/C26H21N5O4S3/c27-26(36)29-28-25-23-15-19(37(32,33)30-17-7-3-1-4-8-17)11-13-21(23)22-14-12-20(16-24(22)25)38(34,35)31-18-9-5-2-6-10-18/h1-16,30-31H,(H3,27,29,36). The van der Waals surface area contributed by atoms with E-state index in [0.717, 1.165) is 0 Å². The van der Waals surface area contributed by atoms with Crippen molar-refractivity contribution in [3.63, 3.8) is 0 Å². The highest BCUT2D eigenvalue weighted by molar-refractivity contribution is 7.93. The first-order valence-electron chi connectivity index (χ1n) is 11.2. The number of nitrogens with one attached hydrogen (secondary N) is 3. The minimum Gasteiger partial charge on any atom is -0.375 e. The molecule has 0 amide bonds. The molecule has 0 aromatic heterocycles. The fourth-order valence-corrected chi connectivity index (χ4v) is 6.27. The minimum atomic E-state index is -3.92. The van der Waals surface area contributed by atoms with Gasteiger partial charge in [-0.05, 0) is 71.9 Å². The molecule has 4 aromatic carbocycles. The van der Waals surface area contributed by atoms with E-state index in [9.17, 15) is 16.8 Å². The van der Waals surface area contributed by atoms with Crippen molar-refractivity contribution in [2.45, 2.75) is 9.79 Å². The van der Waals surface area contributed by atoms with Gasteiger partial charge in [-0.25, -0.2) is 16.8 Å². The van der Waals surface area contributed by atoms with Crippen LogP contribution in [0.4, 0.5) is 11.4 Å². The summed E-state index contributed by atoms with van der Waals surface area (Å²) in [5, 5.41) is 4.19. The maximum absolute atomic E-state index is 13.1. The summed E-state index contributed by atoms with van der Waals surface area (Å²) in [5.74, 6) is 0. The molecule has 0 unspecified atom stereocenters. The number of rotatable bonds is 7. The molecule has 1 aliphatic rings. The van der Waals surface area contributed by atoms with E-state index in [4.69, 9.17) is 18.0 Å². The third kappa shape index (κ3) is 5.09. The molecule has 12 heteroatoms. The molecule has 5 rings (SSSR count). The predicted octanol–water partition coefficient (Wildman–Crippen LogP) is 3.85. The van der Waals surface area contributed by atoms with Crippen molar-refractivity contribution in [2.75, 3.05) is 9.44 Å². The number of anilines is 2. The zero-order valence-electron chi connectivity index (χ0n) is 19.6. The van der Waals surface area contributed by atoms with Gasteiger partial charge in [-0.1, -0.05) is 48.5 Å². The number of hydrogen-bond acceptors (Lipinski definition) is 6. The Hall–Kier alpha value is -4.26. The van der Waals surface area contributed by atoms with E-state index in [1.165, 1.54) is 24.3 Å². The third-order valence-electron chi connectivity index (χ3n) is 5.73. The molecule has 0 saturated heterocycles. The van der Waals surface area contributed by atoms with Crippen LogP contribution in [0.5, 0.6) is 0 Å². The fourth-order valence-electron chi connectivity index (χ4n) is 4.06. The van der Waals surface area contributed by atoms with Crippen LogP contribution in [0, 0.1) is 0 Å². The predicted molar refractivity (Wildman–Crippen MR) is 152 cm³/mol. The second kappa shape index (κ2) is 9.89. The van der Waals surface area contributed by atoms with Crippen molar-refractivity contribution in [3.8, 4) is 11.1 Å². The Labute approximate surface area is 225 Å². The van der Waals surface area contributed by atoms with Crippen LogP contribution in [-0.4, -0.2) is 27.7 Å². The molecule has 0 saturated carbocycles. The summed E-state index contributed by atoms with van der Waals surface area (Å²) < 4.78 is 57.6. The lowest BCUT2D eigenvalue weighted by Gasteiger charge is -2.10. The first kappa shape index (κ1) is 25.4. The molecule has 5 N–H and O–H groups in total. The minimum absolute atomic E-state index is 0.00882. The summed E-state index contributed by atoms with van der Waals surface area (Å²) in [6, 6.07) is 26.3. The Morgan fingerprint density at radius 3 is 1.45 bits per heavy atom. The van der Waals surface area contributed by atoms with Gasteiger partial charge >= 0.3 is 0 Å². The van der Waals surface area contributed by atoms with Crippen molar-refractivity contribution in [1.29, 1.82) is 0 Å². The van der Waals surface area contributed by atoms with Crippen LogP contribution in [0.15, 0.2) is 112 Å². The molecular weight excluding hydrogens is 543 g/mol. The fraction of sp³-hybridized carbons (Fsp3) is 0. The summed E-state index contributed by atoms with van der Waals surface area (Å²) in [5.41, 5.74) is 11.6. The number of nitrogens with two attached hydrogens (primary N) is 1. The van der Waals surface area contributed by atoms with Gasteiger partial charge in [0.2, 0.25) is 0 Å². The Balaban J connectivity index is 1.57. The van der Waals surface area contributed by atoms with Gasteiger partial charge < -0.3 is 5.73 Å². The lowest BCUT2D eigenvalue weighted by Crippen LogP contribution is -2.25. The van der Waals surface area contributed by atoms with Crippen molar-refractivity contribution in [1.82, 2.24) is 5.43 Å². The zero-order valence-corrected chi connectivity index (χ0v) is 22.1. The molecule has 192 valence electrons. The number of benzene rings is 4. The molecule has 0 bridgehead atoms. The molecule has 0 fully saturated rings. The number of sulfonamides is 2. The molecule has 0 aliphatic heterocycles. The smallest absolute Gasteiger partial charge is 0.261 e. The number of nitrogens with zero attached hydrogens (tertiary/aromatic N) is 1. The maximum atomic E-state index is 13.1. The van der Waals surface area contributed by atoms with Crippen molar-refractivity contribution in [3.05, 3.63) is 108 Å². The van der Waals surface area contributed by atoms with E-state index < -0.39 is 20.0 Å². The lowest BCUT2D eigenvalue weighted by molar-refractivity contribution is 0.599. The average Bonchev–Trinajstić information content (AvgIpc) is 3.20. The van der Waals surface area contributed by atoms with Gasteiger partial charge in [0, 0.05) is 22.5 Å². The Bertz CT molecular complexity index is 1670. The van der Waals surface area contributed by atoms with Crippen LogP contribution in [0.3, 0.4) is 0 Å². The molecule has 0 heterocycles. The second-order valence-corrected chi connectivity index (χ2v) is 12.1. The molecule has 4 aromatic rings. The molecule has 0 atom stereocenters. The van der Waals surface area contributed by atoms with Gasteiger partial charge in [0.15, 0.2) is 5.11 Å². The summed E-state index contributed by atoms with van der Waals surface area (Å²) in [6.45, 7) is 0. The molecule has 0 spiro atoms. The highest BCUT2D eigenvalue weighted by atomic mass is 32.2. The quantitative estimate of drug-likeness (QED) is 0.174. The normalized spacial score (nSPS) is 12.3. The first-order valence-corrected chi connectivity index (χ1v) is 14.6. The largest absolute Gasteiger partial charge is 0.375 e. The van der Waals surface area contributed by atoms with Crippen LogP contribution in [0.1, 0.15) is 11.1 Å². The Kier molecular flexibility index (Phi) is 6.61. The summed E-state index contributed by atoms with van der Waals surface area (Å²) in [6.07, 6.45) is 0. The van der Waals surface area contributed by atoms with Gasteiger partial charge in [-0.15, -0.1) is 0 Å². The van der Waals surface area contributed by atoms with E-state index in [0.29, 0.717) is 39.3 Å². The highest BCUT2D eigenvalue weighted by Gasteiger charge is 2.29. The van der Waals surface area contributed by atoms with Crippen molar-refractivity contribution >= 4 is 54.5 Å². The van der Waals surface area contributed by atoms with Gasteiger partial charge in [-0.3, -0.25) is 14.9 Å². The topological polar surface area (TPSA) is 143 Å². The number of fused-ring (bicyclic) bond motifs is 3. The summed E-state index contributed by atoms with van der Waals surface area (Å²) >= 11 is 4.89. The first-order chi connectivity index (χ1) is 18.1. The second-order valence-electron chi connectivity index (χ2n) is 8.29. The van der Waals surface area contributed by atoms with E-state index >= 15 is 0 Å². The summed E-state index contributed by atoms with van der Waals surface area (Å²) in [7, 11) is -7.85. The van der Waals surface area contributed by atoms with E-state index in [1.807, 2.05) is 0 Å². The van der Waals surface area contributed by atoms with E-state index in [1.54, 1.807) is 72.8 Å². The number of para-hydroxylation sites is 2. The molecular formula is C26H21N5O4S3. The highest BCUT2D eigenvalue weighted by Crippen LogP contribution is 2.39. The maximum Gasteiger partial charge on any atom is 0.261 e. The molecule has 9 nitrogen and oxygen atoms in total. The molecule has 1 aliphatic carbocycles. The lowest BCUT2D eigenvalue weighted by atomic mass is 10.1. The van der Waals surface area contributed by atoms with Gasteiger partial charge in [0.1, 0.15) is 0 Å². The number of thiocarbonyl (C=S) groups is 1. The average molecular weight is 564 g/mol. The van der Waals surface area contributed by atoms with Gasteiger partial charge in [-0.2, -0.15) is 5.10 Å². The van der Waals surface area contributed by atoms with Crippen molar-refractivity contribution < 1.29 is 16.8 Å².